The van der Waals surface area contributed by atoms with Crippen molar-refractivity contribution >= 4 is 23.6 Å². The van der Waals surface area contributed by atoms with Gasteiger partial charge in [-0.1, -0.05) is 18.2 Å². The molecule has 118 valence electrons. The molecule has 3 rings (SSSR count). The fourth-order valence-electron chi connectivity index (χ4n) is 2.09. The summed E-state index contributed by atoms with van der Waals surface area (Å²) >= 11 is 0. The molecule has 0 aliphatic rings. The van der Waals surface area contributed by atoms with Crippen LogP contribution in [0.5, 0.6) is 5.75 Å². The molecule has 0 atom stereocenters. The van der Waals surface area contributed by atoms with Crippen molar-refractivity contribution in [2.75, 3.05) is 0 Å². The molecule has 0 bridgehead atoms. The maximum absolute atomic E-state index is 13.5. The van der Waals surface area contributed by atoms with Crippen molar-refractivity contribution in [3.05, 3.63) is 59.4 Å². The zero-order valence-electron chi connectivity index (χ0n) is 11.2. The maximum atomic E-state index is 13.5. The summed E-state index contributed by atoms with van der Waals surface area (Å²) in [6.45, 7) is 0. The monoisotopic (exact) mass is 327 g/mol. The smallest absolute Gasteiger partial charge is 0.527 e. The summed E-state index contributed by atoms with van der Waals surface area (Å²) in [5.74, 6) is -12.5. The highest BCUT2D eigenvalue weighted by Crippen LogP contribution is 2.29. The van der Waals surface area contributed by atoms with E-state index in [-0.39, 0.29) is 5.59 Å². The first kappa shape index (κ1) is 15.4. The van der Waals surface area contributed by atoms with Crippen LogP contribution in [-0.4, -0.2) is 17.1 Å². The quantitative estimate of drug-likeness (QED) is 0.336. The molecule has 0 aliphatic carbocycles. The van der Waals surface area contributed by atoms with Crippen LogP contribution in [0.25, 0.3) is 10.9 Å². The normalized spacial score (nSPS) is 11.0. The van der Waals surface area contributed by atoms with Crippen molar-refractivity contribution < 1.29 is 31.6 Å². The van der Waals surface area contributed by atoms with Gasteiger partial charge in [0.1, 0.15) is 0 Å². The molecule has 0 unspecified atom stereocenters. The number of nitrogens with one attached hydrogen (secondary N) is 1. The Bertz CT molecular complexity index is 836. The van der Waals surface area contributed by atoms with Crippen LogP contribution in [0.1, 0.15) is 0 Å². The predicted octanol–water partition coefficient (Wildman–Crippen LogP) is 2.63. The number of aromatic amines is 1. The second-order valence-corrected chi connectivity index (χ2v) is 4.68. The van der Waals surface area contributed by atoms with Crippen LogP contribution < -0.4 is 10.2 Å². The van der Waals surface area contributed by atoms with E-state index in [1.165, 1.54) is 6.07 Å². The summed E-state index contributed by atoms with van der Waals surface area (Å²) in [5, 5.41) is 10.5. The van der Waals surface area contributed by atoms with E-state index >= 15 is 0 Å². The first-order chi connectivity index (χ1) is 10.9. The zero-order valence-corrected chi connectivity index (χ0v) is 11.2. The average molecular weight is 327 g/mol. The maximum Gasteiger partial charge on any atom is 0.577 e. The van der Waals surface area contributed by atoms with E-state index in [1.54, 1.807) is 24.3 Å². The second kappa shape index (κ2) is 5.58. The number of fused-ring (bicyclic) bond motifs is 1. The molecule has 2 aromatic carbocycles. The lowest BCUT2D eigenvalue weighted by Gasteiger charge is -2.12. The fraction of sp³-hybridized carbons (Fsp3) is 0. The third kappa shape index (κ3) is 2.52. The minimum Gasteiger partial charge on any atom is -0.527 e. The fourth-order valence-corrected chi connectivity index (χ4v) is 2.09. The Kier molecular flexibility index (Phi) is 3.73. The molecular formula is C14H7BF5NO2. The van der Waals surface area contributed by atoms with E-state index in [1.807, 2.05) is 0 Å². The topological polar surface area (TPSA) is 45.2 Å². The van der Waals surface area contributed by atoms with Crippen molar-refractivity contribution in [3.63, 3.8) is 0 Å². The van der Waals surface area contributed by atoms with Crippen molar-refractivity contribution in [1.82, 2.24) is 4.98 Å². The third-order valence-electron chi connectivity index (χ3n) is 3.22. The van der Waals surface area contributed by atoms with E-state index in [2.05, 4.69) is 9.64 Å². The standard InChI is InChI=1S/C14H7BF5NO2/c16-9-10(17)12(19)14(13(20)11(9)18)23-15(22)8-5-6-3-1-2-4-7(6)21-8/h1-5,21-22H. The zero-order chi connectivity index (χ0) is 16.7. The number of rotatable bonds is 3. The van der Waals surface area contributed by atoms with Crippen LogP contribution >= 0.6 is 0 Å². The van der Waals surface area contributed by atoms with Crippen molar-refractivity contribution in [1.29, 1.82) is 0 Å². The molecule has 23 heavy (non-hydrogen) atoms. The largest absolute Gasteiger partial charge is 0.577 e. The highest BCUT2D eigenvalue weighted by Gasteiger charge is 2.31. The number of aromatic nitrogens is 1. The van der Waals surface area contributed by atoms with Gasteiger partial charge in [0.15, 0.2) is 5.75 Å². The molecule has 0 saturated heterocycles. The van der Waals surface area contributed by atoms with E-state index in [0.29, 0.717) is 10.9 Å². The van der Waals surface area contributed by atoms with Crippen LogP contribution in [0.4, 0.5) is 22.0 Å². The van der Waals surface area contributed by atoms with Crippen molar-refractivity contribution in [3.8, 4) is 5.75 Å². The molecule has 0 amide bonds. The molecule has 0 radical (unpaired) electrons. The number of hydrogen-bond donors (Lipinski definition) is 2. The minimum absolute atomic E-state index is 0.00450. The Morgan fingerprint density at radius 2 is 1.43 bits per heavy atom. The molecule has 0 saturated carbocycles. The highest BCUT2D eigenvalue weighted by molar-refractivity contribution is 6.60. The first-order valence-electron chi connectivity index (χ1n) is 6.34. The molecule has 1 heterocycles. The van der Waals surface area contributed by atoms with Gasteiger partial charge in [-0.3, -0.25) is 0 Å². The summed E-state index contributed by atoms with van der Waals surface area (Å²) in [7, 11) is -1.95. The van der Waals surface area contributed by atoms with Crippen LogP contribution in [-0.2, 0) is 0 Å². The van der Waals surface area contributed by atoms with Gasteiger partial charge in [-0.2, -0.15) is 8.78 Å². The van der Waals surface area contributed by atoms with Crippen molar-refractivity contribution in [2.24, 2.45) is 0 Å². The lowest BCUT2D eigenvalue weighted by molar-refractivity contribution is 0.332. The average Bonchev–Trinajstić information content (AvgIpc) is 2.99. The Morgan fingerprint density at radius 1 is 0.870 bits per heavy atom. The molecular weight excluding hydrogens is 320 g/mol. The third-order valence-corrected chi connectivity index (χ3v) is 3.22. The van der Waals surface area contributed by atoms with Gasteiger partial charge in [0.2, 0.25) is 29.1 Å². The van der Waals surface area contributed by atoms with Crippen LogP contribution in [0, 0.1) is 29.1 Å². The Labute approximate surface area is 126 Å². The van der Waals surface area contributed by atoms with Gasteiger partial charge in [-0.15, -0.1) is 0 Å². The lowest BCUT2D eigenvalue weighted by atomic mass is 9.85. The lowest BCUT2D eigenvalue weighted by Crippen LogP contribution is -2.38. The Morgan fingerprint density at radius 3 is 2.04 bits per heavy atom. The van der Waals surface area contributed by atoms with Gasteiger partial charge in [-0.05, 0) is 17.5 Å². The van der Waals surface area contributed by atoms with Gasteiger partial charge in [0.05, 0.1) is 5.59 Å². The number of para-hydroxylation sites is 1. The number of hydrogen-bond acceptors (Lipinski definition) is 2. The Balaban J connectivity index is 1.98. The number of benzene rings is 2. The Hall–Kier alpha value is -2.55. The van der Waals surface area contributed by atoms with E-state index in [4.69, 9.17) is 0 Å². The van der Waals surface area contributed by atoms with Gasteiger partial charge in [0.25, 0.3) is 0 Å². The summed E-state index contributed by atoms with van der Waals surface area (Å²) in [6, 6.07) is 8.22. The molecule has 3 aromatic rings. The molecule has 0 aliphatic heterocycles. The SMILES string of the molecule is OB(Oc1c(F)c(F)c(F)c(F)c1F)c1cc2ccccc2[nH]1. The molecule has 3 nitrogen and oxygen atoms in total. The van der Waals surface area contributed by atoms with Crippen LogP contribution in [0.2, 0.25) is 0 Å². The van der Waals surface area contributed by atoms with Crippen molar-refractivity contribution in [2.45, 2.75) is 0 Å². The summed E-state index contributed by atoms with van der Waals surface area (Å²) in [4.78, 5) is 2.71. The van der Waals surface area contributed by atoms with E-state index in [0.717, 1.165) is 0 Å². The summed E-state index contributed by atoms with van der Waals surface area (Å²) < 4.78 is 70.7. The number of halogens is 5. The van der Waals surface area contributed by atoms with Crippen LogP contribution in [0.3, 0.4) is 0 Å². The first-order valence-corrected chi connectivity index (χ1v) is 6.34. The van der Waals surface area contributed by atoms with Gasteiger partial charge in [-0.25, -0.2) is 13.2 Å². The second-order valence-electron chi connectivity index (χ2n) is 4.68. The summed E-state index contributed by atoms with van der Waals surface area (Å²) in [5.41, 5.74) is 0.595. The van der Waals surface area contributed by atoms with Gasteiger partial charge >= 0.3 is 7.12 Å². The van der Waals surface area contributed by atoms with Crippen LogP contribution in [0.15, 0.2) is 30.3 Å². The minimum atomic E-state index is -2.30. The molecule has 0 spiro atoms. The molecule has 0 fully saturated rings. The molecule has 9 heteroatoms. The summed E-state index contributed by atoms with van der Waals surface area (Å²) in [6.07, 6.45) is 0. The van der Waals surface area contributed by atoms with Gasteiger partial charge in [0, 0.05) is 5.52 Å². The van der Waals surface area contributed by atoms with Gasteiger partial charge < -0.3 is 14.7 Å². The van der Waals surface area contributed by atoms with E-state index in [9.17, 15) is 27.0 Å². The number of H-pyrrole nitrogens is 1. The molecule has 1 aromatic heterocycles. The molecule has 2 N–H and O–H groups in total. The highest BCUT2D eigenvalue weighted by atomic mass is 19.2. The van der Waals surface area contributed by atoms with E-state index < -0.39 is 42.0 Å². The predicted molar refractivity (Wildman–Crippen MR) is 72.8 cm³/mol.